The Balaban J connectivity index is 1.60. The van der Waals surface area contributed by atoms with Crippen LogP contribution in [-0.4, -0.2) is 97.6 Å². The van der Waals surface area contributed by atoms with E-state index in [9.17, 15) is 0 Å². The molecule has 2 aliphatic heterocycles. The van der Waals surface area contributed by atoms with Crippen LogP contribution in [0.15, 0.2) is 0 Å². The van der Waals surface area contributed by atoms with E-state index < -0.39 is 0 Å². The number of likely N-dealkylation sites (N-methyl/N-ethyl adjacent to an activating group) is 1. The zero-order valence-electron chi connectivity index (χ0n) is 17.0. The quantitative estimate of drug-likeness (QED) is 0.674. The van der Waals surface area contributed by atoms with Crippen molar-refractivity contribution in [3.63, 3.8) is 0 Å². The molecule has 4 nitrogen and oxygen atoms in total. The third kappa shape index (κ3) is 6.29. The SMILES string of the molecule is CCC(C)N1CCN(CC2CCN(CCN(C)C(C)C)CC2)CC1. The van der Waals surface area contributed by atoms with Crippen LogP contribution in [0, 0.1) is 5.92 Å². The van der Waals surface area contributed by atoms with Gasteiger partial charge in [0.1, 0.15) is 0 Å². The van der Waals surface area contributed by atoms with E-state index >= 15 is 0 Å². The molecule has 2 fully saturated rings. The second kappa shape index (κ2) is 10.1. The summed E-state index contributed by atoms with van der Waals surface area (Å²) in [6.07, 6.45) is 4.08. The summed E-state index contributed by atoms with van der Waals surface area (Å²) in [4.78, 5) is 10.5. The van der Waals surface area contributed by atoms with Gasteiger partial charge in [0, 0.05) is 57.9 Å². The normalized spacial score (nSPS) is 24.1. The van der Waals surface area contributed by atoms with Crippen molar-refractivity contribution in [1.82, 2.24) is 19.6 Å². The lowest BCUT2D eigenvalue weighted by atomic mass is 9.96. The minimum Gasteiger partial charge on any atom is -0.303 e. The van der Waals surface area contributed by atoms with Gasteiger partial charge in [0.25, 0.3) is 0 Å². The maximum absolute atomic E-state index is 2.73. The molecule has 4 heteroatoms. The third-order valence-electron chi connectivity index (χ3n) is 6.50. The van der Waals surface area contributed by atoms with Gasteiger partial charge in [-0.05, 0) is 66.1 Å². The Morgan fingerprint density at radius 1 is 0.917 bits per heavy atom. The summed E-state index contributed by atoms with van der Waals surface area (Å²) in [7, 11) is 2.25. The van der Waals surface area contributed by atoms with E-state index in [0.29, 0.717) is 6.04 Å². The Bertz CT molecular complexity index is 331. The van der Waals surface area contributed by atoms with E-state index in [0.717, 1.165) is 12.0 Å². The van der Waals surface area contributed by atoms with E-state index in [1.807, 2.05) is 0 Å². The van der Waals surface area contributed by atoms with Crippen molar-refractivity contribution in [3.05, 3.63) is 0 Å². The van der Waals surface area contributed by atoms with Crippen LogP contribution in [0.2, 0.25) is 0 Å². The van der Waals surface area contributed by atoms with Crippen LogP contribution in [-0.2, 0) is 0 Å². The summed E-state index contributed by atoms with van der Waals surface area (Å²) in [6.45, 7) is 20.8. The molecule has 0 spiro atoms. The van der Waals surface area contributed by atoms with Crippen molar-refractivity contribution in [1.29, 1.82) is 0 Å². The molecule has 0 radical (unpaired) electrons. The number of likely N-dealkylation sites (tertiary alicyclic amines) is 1. The molecule has 1 unspecified atom stereocenters. The van der Waals surface area contributed by atoms with Crippen molar-refractivity contribution in [2.75, 3.05) is 66.0 Å². The number of rotatable bonds is 8. The van der Waals surface area contributed by atoms with E-state index in [1.165, 1.54) is 78.2 Å². The predicted octanol–water partition coefficient (Wildman–Crippen LogP) is 2.45. The fourth-order valence-corrected chi connectivity index (χ4v) is 3.96. The lowest BCUT2D eigenvalue weighted by Crippen LogP contribution is -2.51. The molecule has 0 aliphatic carbocycles. The number of piperidine rings is 1. The van der Waals surface area contributed by atoms with Crippen LogP contribution < -0.4 is 0 Å². The highest BCUT2D eigenvalue weighted by atomic mass is 15.3. The van der Waals surface area contributed by atoms with Crippen LogP contribution in [0.25, 0.3) is 0 Å². The lowest BCUT2D eigenvalue weighted by molar-refractivity contribution is 0.0744. The molecule has 0 aromatic carbocycles. The largest absolute Gasteiger partial charge is 0.303 e. The summed E-state index contributed by atoms with van der Waals surface area (Å²) < 4.78 is 0. The van der Waals surface area contributed by atoms with Gasteiger partial charge < -0.3 is 14.7 Å². The van der Waals surface area contributed by atoms with Gasteiger partial charge in [0.05, 0.1) is 0 Å². The van der Waals surface area contributed by atoms with Gasteiger partial charge in [-0.15, -0.1) is 0 Å². The van der Waals surface area contributed by atoms with Crippen molar-refractivity contribution in [2.45, 2.75) is 59.0 Å². The summed E-state index contributed by atoms with van der Waals surface area (Å²) in [6, 6.07) is 1.43. The first-order valence-electron chi connectivity index (χ1n) is 10.4. The molecule has 0 bridgehead atoms. The monoisotopic (exact) mass is 338 g/mol. The lowest BCUT2D eigenvalue weighted by Gasteiger charge is -2.40. The Kier molecular flexibility index (Phi) is 8.48. The molecule has 2 heterocycles. The maximum Gasteiger partial charge on any atom is 0.0113 e. The summed E-state index contributed by atoms with van der Waals surface area (Å²) in [5.41, 5.74) is 0. The highest BCUT2D eigenvalue weighted by Gasteiger charge is 2.25. The summed E-state index contributed by atoms with van der Waals surface area (Å²) >= 11 is 0. The van der Waals surface area contributed by atoms with Gasteiger partial charge >= 0.3 is 0 Å². The molecule has 1 atom stereocenters. The Morgan fingerprint density at radius 3 is 2.08 bits per heavy atom. The average molecular weight is 339 g/mol. The highest BCUT2D eigenvalue weighted by Crippen LogP contribution is 2.19. The number of nitrogens with zero attached hydrogens (tertiary/aromatic N) is 4. The van der Waals surface area contributed by atoms with Crippen LogP contribution >= 0.6 is 0 Å². The first kappa shape index (κ1) is 20.2. The molecule has 24 heavy (non-hydrogen) atoms. The molecule has 2 rings (SSSR count). The van der Waals surface area contributed by atoms with Gasteiger partial charge in [-0.25, -0.2) is 0 Å². The Morgan fingerprint density at radius 2 is 1.54 bits per heavy atom. The highest BCUT2D eigenvalue weighted by molar-refractivity contribution is 4.80. The molecule has 0 N–H and O–H groups in total. The topological polar surface area (TPSA) is 13.0 Å². The average Bonchev–Trinajstić information content (AvgIpc) is 2.60. The fourth-order valence-electron chi connectivity index (χ4n) is 3.96. The minimum atomic E-state index is 0.664. The first-order valence-corrected chi connectivity index (χ1v) is 10.4. The van der Waals surface area contributed by atoms with Crippen LogP contribution in [0.3, 0.4) is 0 Å². The van der Waals surface area contributed by atoms with Crippen LogP contribution in [0.5, 0.6) is 0 Å². The van der Waals surface area contributed by atoms with Crippen molar-refractivity contribution in [2.24, 2.45) is 5.92 Å². The minimum absolute atomic E-state index is 0.664. The Hall–Kier alpha value is -0.160. The molecule has 2 aliphatic rings. The summed E-state index contributed by atoms with van der Waals surface area (Å²) in [5, 5.41) is 0. The molecule has 0 aromatic heterocycles. The van der Waals surface area contributed by atoms with Gasteiger partial charge in [0.2, 0.25) is 0 Å². The predicted molar refractivity (Wildman–Crippen MR) is 105 cm³/mol. The van der Waals surface area contributed by atoms with Gasteiger partial charge in [-0.3, -0.25) is 4.90 Å². The zero-order chi connectivity index (χ0) is 17.5. The number of piperazine rings is 1. The number of hydrogen-bond donors (Lipinski definition) is 0. The van der Waals surface area contributed by atoms with Crippen LogP contribution in [0.1, 0.15) is 47.0 Å². The van der Waals surface area contributed by atoms with E-state index in [-0.39, 0.29) is 0 Å². The fraction of sp³-hybridized carbons (Fsp3) is 1.00. The second-order valence-corrected chi connectivity index (χ2v) is 8.45. The first-order chi connectivity index (χ1) is 11.5. The standard InChI is InChI=1S/C20H42N4/c1-6-19(4)24-15-13-23(14-16-24)17-20-7-9-22(10-8-20)12-11-21(5)18(2)3/h18-20H,6-17H2,1-5H3. The van der Waals surface area contributed by atoms with E-state index in [4.69, 9.17) is 0 Å². The zero-order valence-corrected chi connectivity index (χ0v) is 17.0. The molecule has 0 amide bonds. The third-order valence-corrected chi connectivity index (χ3v) is 6.50. The number of hydrogen-bond acceptors (Lipinski definition) is 4. The summed E-state index contributed by atoms with van der Waals surface area (Å²) in [5.74, 6) is 0.930. The van der Waals surface area contributed by atoms with Gasteiger partial charge in [-0.2, -0.15) is 0 Å². The molecular formula is C20H42N4. The van der Waals surface area contributed by atoms with E-state index in [1.54, 1.807) is 0 Å². The molecule has 2 saturated heterocycles. The van der Waals surface area contributed by atoms with Gasteiger partial charge in [0.15, 0.2) is 0 Å². The van der Waals surface area contributed by atoms with Gasteiger partial charge in [-0.1, -0.05) is 6.92 Å². The molecular weight excluding hydrogens is 296 g/mol. The van der Waals surface area contributed by atoms with Crippen molar-refractivity contribution < 1.29 is 0 Å². The van der Waals surface area contributed by atoms with Crippen LogP contribution in [0.4, 0.5) is 0 Å². The molecule has 0 aromatic rings. The molecule has 0 saturated carbocycles. The second-order valence-electron chi connectivity index (χ2n) is 8.45. The molecule has 142 valence electrons. The Labute approximate surface area is 151 Å². The van der Waals surface area contributed by atoms with E-state index in [2.05, 4.69) is 54.3 Å². The maximum atomic E-state index is 2.73. The van der Waals surface area contributed by atoms with Crippen molar-refractivity contribution in [3.8, 4) is 0 Å². The van der Waals surface area contributed by atoms with Crippen molar-refractivity contribution >= 4 is 0 Å². The smallest absolute Gasteiger partial charge is 0.0113 e.